The van der Waals surface area contributed by atoms with Crippen molar-refractivity contribution in [2.24, 2.45) is 12.8 Å². The first-order valence-corrected chi connectivity index (χ1v) is 5.38. The van der Waals surface area contributed by atoms with Gasteiger partial charge in [0.2, 0.25) is 5.76 Å². The van der Waals surface area contributed by atoms with Gasteiger partial charge in [-0.2, -0.15) is 5.10 Å². The van der Waals surface area contributed by atoms with Gasteiger partial charge >= 0.3 is 0 Å². The molecule has 6 heteroatoms. The third-order valence-corrected chi connectivity index (χ3v) is 2.81. The minimum Gasteiger partial charge on any atom is -0.455 e. The largest absolute Gasteiger partial charge is 0.455 e. The lowest BCUT2D eigenvalue weighted by atomic mass is 10.1. The summed E-state index contributed by atoms with van der Waals surface area (Å²) in [5.41, 5.74) is 6.68. The van der Waals surface area contributed by atoms with Crippen LogP contribution in [0.4, 0.5) is 0 Å². The van der Waals surface area contributed by atoms with Crippen LogP contribution in [0.2, 0.25) is 0 Å². The molecule has 0 aliphatic rings. The van der Waals surface area contributed by atoms with E-state index in [4.69, 9.17) is 10.2 Å². The van der Waals surface area contributed by atoms with Crippen molar-refractivity contribution in [3.05, 3.63) is 28.3 Å². The van der Waals surface area contributed by atoms with E-state index in [1.54, 1.807) is 30.9 Å². The summed E-state index contributed by atoms with van der Waals surface area (Å²) in [5.74, 6) is 0.204. The van der Waals surface area contributed by atoms with Crippen molar-refractivity contribution < 1.29 is 9.21 Å². The molecule has 0 fully saturated rings. The Balaban J connectivity index is 2.68. The molecular formula is C10H10BrN3O2. The molecule has 0 atom stereocenters. The van der Waals surface area contributed by atoms with Crippen LogP contribution in [-0.2, 0) is 7.05 Å². The molecule has 84 valence electrons. The number of carbonyl (C=O) groups is 1. The average molecular weight is 284 g/mol. The van der Waals surface area contributed by atoms with Crippen LogP contribution in [0.5, 0.6) is 0 Å². The number of aromatic nitrogens is 2. The topological polar surface area (TPSA) is 74.1 Å². The van der Waals surface area contributed by atoms with Gasteiger partial charge in [-0.1, -0.05) is 0 Å². The Bertz CT molecular complexity index is 537. The first-order valence-electron chi connectivity index (χ1n) is 4.59. The van der Waals surface area contributed by atoms with Crippen molar-refractivity contribution in [1.29, 1.82) is 0 Å². The monoisotopic (exact) mass is 283 g/mol. The fourth-order valence-corrected chi connectivity index (χ4v) is 2.15. The number of nitrogens with zero attached hydrogens (tertiary/aromatic N) is 2. The molecule has 0 unspecified atom stereocenters. The minimum absolute atomic E-state index is 0.154. The van der Waals surface area contributed by atoms with Gasteiger partial charge in [-0.15, -0.1) is 0 Å². The lowest BCUT2D eigenvalue weighted by Gasteiger charge is -2.01. The van der Waals surface area contributed by atoms with Crippen LogP contribution in [0.3, 0.4) is 0 Å². The third kappa shape index (κ3) is 1.65. The Labute approximate surface area is 100 Å². The zero-order chi connectivity index (χ0) is 11.9. The Morgan fingerprint density at radius 2 is 2.31 bits per heavy atom. The Morgan fingerprint density at radius 1 is 1.62 bits per heavy atom. The molecule has 16 heavy (non-hydrogen) atoms. The average Bonchev–Trinajstić information content (AvgIpc) is 2.70. The second kappa shape index (κ2) is 3.79. The number of nitrogens with two attached hydrogens (primary N) is 1. The molecule has 2 N–H and O–H groups in total. The summed E-state index contributed by atoms with van der Waals surface area (Å²) in [5, 5.41) is 4.08. The van der Waals surface area contributed by atoms with E-state index >= 15 is 0 Å². The predicted molar refractivity (Wildman–Crippen MR) is 61.9 cm³/mol. The van der Waals surface area contributed by atoms with E-state index in [0.29, 0.717) is 11.3 Å². The molecule has 0 radical (unpaired) electrons. The van der Waals surface area contributed by atoms with Gasteiger partial charge in [-0.05, 0) is 28.9 Å². The molecule has 0 bridgehead atoms. The summed E-state index contributed by atoms with van der Waals surface area (Å²) in [6, 6.07) is 1.77. The lowest BCUT2D eigenvalue weighted by molar-refractivity contribution is 0.0973. The summed E-state index contributed by atoms with van der Waals surface area (Å²) in [6.07, 6.45) is 1.66. The summed E-state index contributed by atoms with van der Waals surface area (Å²) >= 11 is 3.37. The van der Waals surface area contributed by atoms with Crippen LogP contribution < -0.4 is 5.73 Å². The summed E-state index contributed by atoms with van der Waals surface area (Å²) in [4.78, 5) is 11.2. The highest BCUT2D eigenvalue weighted by molar-refractivity contribution is 9.10. The third-order valence-electron chi connectivity index (χ3n) is 2.23. The van der Waals surface area contributed by atoms with Crippen LogP contribution in [0.15, 0.2) is 21.2 Å². The number of aryl methyl sites for hydroxylation is 2. The zero-order valence-electron chi connectivity index (χ0n) is 8.82. The van der Waals surface area contributed by atoms with Crippen LogP contribution in [0.25, 0.3) is 11.3 Å². The fourth-order valence-electron chi connectivity index (χ4n) is 1.59. The van der Waals surface area contributed by atoms with Gasteiger partial charge in [0.25, 0.3) is 5.91 Å². The summed E-state index contributed by atoms with van der Waals surface area (Å²) in [7, 11) is 1.78. The number of halogens is 1. The number of carbonyl (C=O) groups excluding carboxylic acids is 1. The molecule has 0 aromatic carbocycles. The lowest BCUT2D eigenvalue weighted by Crippen LogP contribution is -2.11. The Kier molecular flexibility index (Phi) is 2.59. The van der Waals surface area contributed by atoms with Crippen molar-refractivity contribution in [3.63, 3.8) is 0 Å². The van der Waals surface area contributed by atoms with E-state index < -0.39 is 5.91 Å². The van der Waals surface area contributed by atoms with E-state index in [-0.39, 0.29) is 5.76 Å². The first kappa shape index (κ1) is 10.9. The van der Waals surface area contributed by atoms with Crippen molar-refractivity contribution >= 4 is 21.8 Å². The SMILES string of the molecule is Cc1cc(-c2c(Br)cnn2C)c(C(N)=O)o1. The van der Waals surface area contributed by atoms with Crippen molar-refractivity contribution in [2.45, 2.75) is 6.92 Å². The quantitative estimate of drug-likeness (QED) is 0.914. The smallest absolute Gasteiger partial charge is 0.285 e. The standard InChI is InChI=1S/C10H10BrN3O2/c1-5-3-6(9(16-5)10(12)15)8-7(11)4-13-14(8)2/h3-4H,1-2H3,(H2,12,15). The van der Waals surface area contributed by atoms with E-state index in [9.17, 15) is 4.79 Å². The van der Waals surface area contributed by atoms with Gasteiger partial charge in [0.05, 0.1) is 21.9 Å². The summed E-state index contributed by atoms with van der Waals surface area (Å²) < 4.78 is 7.72. The van der Waals surface area contributed by atoms with Gasteiger partial charge in [0, 0.05) is 7.05 Å². The number of amides is 1. The van der Waals surface area contributed by atoms with Gasteiger partial charge < -0.3 is 10.2 Å². The number of hydrogen-bond donors (Lipinski definition) is 1. The van der Waals surface area contributed by atoms with Gasteiger partial charge in [0.15, 0.2) is 0 Å². The molecule has 2 aromatic heterocycles. The van der Waals surface area contributed by atoms with Crippen LogP contribution >= 0.6 is 15.9 Å². The molecule has 0 aliphatic heterocycles. The summed E-state index contributed by atoms with van der Waals surface area (Å²) in [6.45, 7) is 1.76. The normalized spacial score (nSPS) is 10.7. The van der Waals surface area contributed by atoms with Crippen molar-refractivity contribution in [1.82, 2.24) is 9.78 Å². The van der Waals surface area contributed by atoms with E-state index in [0.717, 1.165) is 10.2 Å². The van der Waals surface area contributed by atoms with Gasteiger partial charge in [-0.25, -0.2) is 0 Å². The van der Waals surface area contributed by atoms with Crippen LogP contribution in [0, 0.1) is 6.92 Å². The molecule has 2 aromatic rings. The van der Waals surface area contributed by atoms with Crippen molar-refractivity contribution in [2.75, 3.05) is 0 Å². The number of hydrogen-bond acceptors (Lipinski definition) is 3. The second-order valence-corrected chi connectivity index (χ2v) is 4.28. The number of primary amides is 1. The fraction of sp³-hybridized carbons (Fsp3) is 0.200. The minimum atomic E-state index is -0.587. The molecule has 0 spiro atoms. The van der Waals surface area contributed by atoms with E-state index in [2.05, 4.69) is 21.0 Å². The maximum Gasteiger partial charge on any atom is 0.285 e. The van der Waals surface area contributed by atoms with E-state index in [1.165, 1.54) is 0 Å². The Hall–Kier alpha value is -1.56. The Morgan fingerprint density at radius 3 is 2.81 bits per heavy atom. The molecule has 2 heterocycles. The molecule has 5 nitrogen and oxygen atoms in total. The molecule has 2 rings (SSSR count). The van der Waals surface area contributed by atoms with Gasteiger partial charge in [0.1, 0.15) is 5.76 Å². The second-order valence-electron chi connectivity index (χ2n) is 3.43. The molecule has 0 aliphatic carbocycles. The maximum atomic E-state index is 11.2. The highest BCUT2D eigenvalue weighted by Crippen LogP contribution is 2.32. The first-order chi connectivity index (χ1) is 7.50. The molecule has 0 saturated heterocycles. The zero-order valence-corrected chi connectivity index (χ0v) is 10.4. The van der Waals surface area contributed by atoms with Gasteiger partial charge in [-0.3, -0.25) is 9.48 Å². The molecule has 1 amide bonds. The van der Waals surface area contributed by atoms with E-state index in [1.807, 2.05) is 0 Å². The number of furan rings is 1. The molecular weight excluding hydrogens is 274 g/mol. The van der Waals surface area contributed by atoms with Crippen molar-refractivity contribution in [3.8, 4) is 11.3 Å². The maximum absolute atomic E-state index is 11.2. The highest BCUT2D eigenvalue weighted by Gasteiger charge is 2.20. The predicted octanol–water partition coefficient (Wildman–Crippen LogP) is 1.85. The van der Waals surface area contributed by atoms with Crippen LogP contribution in [0.1, 0.15) is 16.3 Å². The van der Waals surface area contributed by atoms with Crippen LogP contribution in [-0.4, -0.2) is 15.7 Å². The molecule has 0 saturated carbocycles. The number of rotatable bonds is 2. The highest BCUT2D eigenvalue weighted by atomic mass is 79.9.